The van der Waals surface area contributed by atoms with E-state index < -0.39 is 0 Å². The predicted molar refractivity (Wildman–Crippen MR) is 237 cm³/mol. The molecule has 6 aromatic rings. The van der Waals surface area contributed by atoms with E-state index in [0.29, 0.717) is 20.1 Å². The molecule has 0 unspecified atom stereocenters. The number of hydrogen-bond acceptors (Lipinski definition) is 0. The number of rotatable bonds is 6. The molecular formula is C41H30Br4Cl6. The largest absolute Gasteiger partial charge is 0.0843 e. The molecule has 0 saturated carbocycles. The molecule has 264 valence electrons. The van der Waals surface area contributed by atoms with Gasteiger partial charge in [0.05, 0.1) is 0 Å². The lowest BCUT2D eigenvalue weighted by molar-refractivity contribution is 0.641. The minimum atomic E-state index is -0.289. The van der Waals surface area contributed by atoms with Gasteiger partial charge < -0.3 is 0 Å². The fourth-order valence-corrected chi connectivity index (χ4v) is 9.08. The highest BCUT2D eigenvalue weighted by Gasteiger charge is 2.25. The van der Waals surface area contributed by atoms with Crippen molar-refractivity contribution in [1.29, 1.82) is 0 Å². The van der Waals surface area contributed by atoms with Gasteiger partial charge in [-0.05, 0) is 106 Å². The Morgan fingerprint density at radius 1 is 0.412 bits per heavy atom. The topological polar surface area (TPSA) is 0 Å². The highest BCUT2D eigenvalue weighted by atomic mass is 79.9. The smallest absolute Gasteiger partial charge is 0.0441 e. The van der Waals surface area contributed by atoms with Crippen LogP contribution in [-0.2, 0) is 18.3 Å². The summed E-state index contributed by atoms with van der Waals surface area (Å²) in [6.45, 7) is 4.16. The zero-order valence-electron chi connectivity index (χ0n) is 27.2. The second kappa shape index (κ2) is 20.1. The molecule has 0 fully saturated rings. The van der Waals surface area contributed by atoms with Crippen LogP contribution in [0.4, 0.5) is 0 Å². The summed E-state index contributed by atoms with van der Waals surface area (Å²) >= 11 is 50.8. The van der Waals surface area contributed by atoms with Crippen molar-refractivity contribution in [2.45, 2.75) is 32.1 Å². The fraction of sp³-hybridized carbons (Fsp3) is 0.122. The Morgan fingerprint density at radius 3 is 1.04 bits per heavy atom. The van der Waals surface area contributed by atoms with Gasteiger partial charge in [-0.15, -0.1) is 0 Å². The SMILES string of the molecule is Brc1cccc(Br)c1Cc1c(Br)cccc1Br.CC(C)(c1cc(Cl)cc(Cl)c1)c1cc(Cl)cc(Cl)c1.Clc1ccccc1Cc1ccccc1Cl. The number of hydrogen-bond donors (Lipinski definition) is 0. The summed E-state index contributed by atoms with van der Waals surface area (Å²) < 4.78 is 4.48. The van der Waals surface area contributed by atoms with Crippen LogP contribution in [-0.4, -0.2) is 0 Å². The van der Waals surface area contributed by atoms with E-state index in [1.807, 2.05) is 84.9 Å². The number of benzene rings is 6. The summed E-state index contributed by atoms with van der Waals surface area (Å²) in [4.78, 5) is 0. The molecule has 6 aromatic carbocycles. The highest BCUT2D eigenvalue weighted by Crippen LogP contribution is 2.37. The molecule has 10 heteroatoms. The second-order valence-electron chi connectivity index (χ2n) is 11.9. The van der Waals surface area contributed by atoms with Crippen molar-refractivity contribution in [3.8, 4) is 0 Å². The third-order valence-corrected chi connectivity index (χ3v) is 12.5. The maximum absolute atomic E-state index is 6.08. The lowest BCUT2D eigenvalue weighted by Gasteiger charge is -2.27. The lowest BCUT2D eigenvalue weighted by atomic mass is 9.78. The van der Waals surface area contributed by atoms with Gasteiger partial charge in [-0.2, -0.15) is 0 Å². The van der Waals surface area contributed by atoms with E-state index in [1.54, 1.807) is 12.1 Å². The summed E-state index contributed by atoms with van der Waals surface area (Å²) in [5.41, 5.74) is 6.45. The molecule has 0 amide bonds. The molecule has 0 heterocycles. The molecule has 0 spiro atoms. The summed E-state index contributed by atoms with van der Waals surface area (Å²) in [5.74, 6) is 0. The van der Waals surface area contributed by atoms with Crippen molar-refractivity contribution >= 4 is 133 Å². The Kier molecular flexibility index (Phi) is 16.8. The summed E-state index contributed by atoms with van der Waals surface area (Å²) in [5, 5.41) is 4.04. The Hall–Kier alpha value is -1.02. The minimum Gasteiger partial charge on any atom is -0.0843 e. The maximum Gasteiger partial charge on any atom is 0.0441 e. The zero-order valence-corrected chi connectivity index (χ0v) is 38.1. The summed E-state index contributed by atoms with van der Waals surface area (Å²) in [6, 6.07) is 39.0. The first-order valence-corrected chi connectivity index (χ1v) is 20.9. The van der Waals surface area contributed by atoms with Crippen LogP contribution in [0.1, 0.15) is 47.2 Å². The van der Waals surface area contributed by atoms with Gasteiger partial charge in [0.2, 0.25) is 0 Å². The molecule has 0 aliphatic rings. The van der Waals surface area contributed by atoms with Crippen molar-refractivity contribution < 1.29 is 0 Å². The molecule has 0 nitrogen and oxygen atoms in total. The van der Waals surface area contributed by atoms with Gasteiger partial charge in [-0.3, -0.25) is 0 Å². The minimum absolute atomic E-state index is 0.289. The Morgan fingerprint density at radius 2 is 0.725 bits per heavy atom. The Balaban J connectivity index is 0.000000173. The van der Waals surface area contributed by atoms with Gasteiger partial charge in [0.25, 0.3) is 0 Å². The van der Waals surface area contributed by atoms with Gasteiger partial charge in [-0.1, -0.05) is 196 Å². The van der Waals surface area contributed by atoms with Crippen LogP contribution in [0.2, 0.25) is 30.1 Å². The van der Waals surface area contributed by atoms with Crippen molar-refractivity contribution in [1.82, 2.24) is 0 Å². The van der Waals surface area contributed by atoms with E-state index >= 15 is 0 Å². The second-order valence-corrected chi connectivity index (χ2v) is 17.9. The Bertz CT molecular complexity index is 1890. The first kappa shape index (κ1) is 42.7. The molecule has 0 aliphatic heterocycles. The monoisotopic (exact) mass is 1050 g/mol. The molecule has 0 N–H and O–H groups in total. The molecule has 0 aliphatic carbocycles. The van der Waals surface area contributed by atoms with Crippen molar-refractivity contribution in [2.24, 2.45) is 0 Å². The molecule has 0 aromatic heterocycles. The molecule has 0 bridgehead atoms. The molecule has 0 radical (unpaired) electrons. The van der Waals surface area contributed by atoms with Crippen LogP contribution in [0.15, 0.2) is 139 Å². The first-order chi connectivity index (χ1) is 24.1. The number of halogens is 10. The van der Waals surface area contributed by atoms with Crippen LogP contribution in [0.3, 0.4) is 0 Å². The lowest BCUT2D eigenvalue weighted by Crippen LogP contribution is -2.19. The zero-order chi connectivity index (χ0) is 37.3. The average Bonchev–Trinajstić information content (AvgIpc) is 3.06. The quantitative estimate of drug-likeness (QED) is 0.156. The third-order valence-electron chi connectivity index (χ3n) is 7.94. The van der Waals surface area contributed by atoms with Gasteiger partial charge >= 0.3 is 0 Å². The van der Waals surface area contributed by atoms with Gasteiger partial charge in [0.1, 0.15) is 0 Å². The van der Waals surface area contributed by atoms with Gasteiger partial charge in [0.15, 0.2) is 0 Å². The molecule has 0 atom stereocenters. The normalized spacial score (nSPS) is 10.9. The van der Waals surface area contributed by atoms with E-state index in [9.17, 15) is 0 Å². The standard InChI is InChI=1S/C15H12Cl4.C13H8Br4.C13H10Cl2/c1-15(2,9-3-11(16)7-12(17)4-9)10-5-13(18)8-14(19)6-10;14-10-3-1-4-11(15)8(10)7-9-12(16)5-2-6-13(9)17;14-12-7-3-1-5-10(12)9-11-6-2-4-8-13(11)15/h3-8H,1-2H3;1-6H,7H2;1-8H,9H2. The van der Waals surface area contributed by atoms with E-state index in [0.717, 1.165) is 63.0 Å². The predicted octanol–water partition coefficient (Wildman–Crippen LogP) is 17.5. The molecule has 0 saturated heterocycles. The van der Waals surface area contributed by atoms with E-state index in [-0.39, 0.29) is 5.41 Å². The summed E-state index contributed by atoms with van der Waals surface area (Å²) in [7, 11) is 0. The fourth-order valence-electron chi connectivity index (χ4n) is 5.06. The van der Waals surface area contributed by atoms with Gasteiger partial charge in [0, 0.05) is 66.3 Å². The maximum atomic E-state index is 6.08. The van der Waals surface area contributed by atoms with Crippen LogP contribution in [0, 0.1) is 0 Å². The van der Waals surface area contributed by atoms with Crippen molar-refractivity contribution in [3.63, 3.8) is 0 Å². The molecule has 51 heavy (non-hydrogen) atoms. The Labute approximate surface area is 364 Å². The molecular weight excluding hydrogens is 1020 g/mol. The van der Waals surface area contributed by atoms with Crippen molar-refractivity contribution in [2.75, 3.05) is 0 Å². The van der Waals surface area contributed by atoms with Crippen LogP contribution in [0.5, 0.6) is 0 Å². The van der Waals surface area contributed by atoms with Crippen LogP contribution >= 0.6 is 133 Å². The van der Waals surface area contributed by atoms with Crippen LogP contribution < -0.4 is 0 Å². The third kappa shape index (κ3) is 12.5. The first-order valence-electron chi connectivity index (χ1n) is 15.4. The van der Waals surface area contributed by atoms with Gasteiger partial charge in [-0.25, -0.2) is 0 Å². The highest BCUT2D eigenvalue weighted by molar-refractivity contribution is 9.11. The van der Waals surface area contributed by atoms with E-state index in [4.69, 9.17) is 69.6 Å². The average molecular weight is 1060 g/mol. The summed E-state index contributed by atoms with van der Waals surface area (Å²) in [6.07, 6.45) is 1.64. The van der Waals surface area contributed by atoms with E-state index in [1.165, 1.54) is 11.1 Å². The molecule has 6 rings (SSSR count). The van der Waals surface area contributed by atoms with E-state index in [2.05, 4.69) is 102 Å². The van der Waals surface area contributed by atoms with Crippen LogP contribution in [0.25, 0.3) is 0 Å². The van der Waals surface area contributed by atoms with Crippen molar-refractivity contribution in [3.05, 3.63) is 203 Å².